The molecular weight excluding hydrogens is 380 g/mol. The Kier molecular flexibility index (Phi) is 5.39. The van der Waals surface area contributed by atoms with Crippen LogP contribution in [-0.4, -0.2) is 39.5 Å². The number of pyridine rings is 1. The fourth-order valence-electron chi connectivity index (χ4n) is 4.05. The van der Waals surface area contributed by atoms with Crippen LogP contribution < -0.4 is 11.1 Å². The van der Waals surface area contributed by atoms with E-state index >= 15 is 0 Å². The van der Waals surface area contributed by atoms with Crippen molar-refractivity contribution in [3.63, 3.8) is 0 Å². The molecule has 1 fully saturated rings. The lowest BCUT2D eigenvalue weighted by Gasteiger charge is -2.27. The lowest BCUT2D eigenvalue weighted by Crippen LogP contribution is -2.30. The molecule has 1 aromatic carbocycles. The highest BCUT2D eigenvalue weighted by Gasteiger charge is 2.27. The Labute approximate surface area is 175 Å². The monoisotopic (exact) mass is 406 g/mol. The molecule has 30 heavy (non-hydrogen) atoms. The van der Waals surface area contributed by atoms with Crippen molar-refractivity contribution < 1.29 is 9.53 Å². The molecule has 0 amide bonds. The predicted octanol–water partition coefficient (Wildman–Crippen LogP) is 3.06. The topological polar surface area (TPSA) is 119 Å². The number of rotatable bonds is 5. The number of nitrogens with one attached hydrogen (secondary N) is 2. The van der Waals surface area contributed by atoms with Crippen LogP contribution in [0.5, 0.6) is 0 Å². The Morgan fingerprint density at radius 3 is 2.47 bits per heavy atom. The molecule has 3 aromatic rings. The number of hydrogen-bond donors (Lipinski definition) is 3. The normalized spacial score (nSPS) is 18.9. The van der Waals surface area contributed by atoms with Crippen molar-refractivity contribution in [3.05, 3.63) is 42.0 Å². The smallest absolute Gasteiger partial charge is 0.308 e. The average Bonchev–Trinajstić information content (AvgIpc) is 3.10. The molecule has 0 saturated heterocycles. The number of imidazole rings is 1. The first kappa shape index (κ1) is 19.9. The number of carbonyl (C=O) groups is 1. The molecule has 0 spiro atoms. The standard InChI is InChI=1S/C22H26N6O2/c1-28-20(14-5-3-13(4-6-14)19(23)24)26-17-11-12-18(27-21(17)28)25-16-9-7-15(8-10-16)22(29)30-2/h3-6,11-12,15-16H,7-10H2,1-2H3,(H3,23,24)(H,25,27). The zero-order chi connectivity index (χ0) is 21.3. The quantitative estimate of drug-likeness (QED) is 0.340. The number of aryl methyl sites for hydroxylation is 1. The predicted molar refractivity (Wildman–Crippen MR) is 116 cm³/mol. The highest BCUT2D eigenvalue weighted by molar-refractivity contribution is 5.95. The molecule has 4 rings (SSSR count). The van der Waals surface area contributed by atoms with Crippen molar-refractivity contribution in [2.24, 2.45) is 18.7 Å². The maximum Gasteiger partial charge on any atom is 0.308 e. The lowest BCUT2D eigenvalue weighted by atomic mass is 9.86. The van der Waals surface area contributed by atoms with E-state index in [1.165, 1.54) is 7.11 Å². The van der Waals surface area contributed by atoms with E-state index in [1.54, 1.807) is 0 Å². The number of hydrogen-bond acceptors (Lipinski definition) is 6. The van der Waals surface area contributed by atoms with Gasteiger partial charge in [0.05, 0.1) is 13.0 Å². The molecule has 0 atom stereocenters. The van der Waals surface area contributed by atoms with Gasteiger partial charge in [-0.2, -0.15) is 0 Å². The molecule has 156 valence electrons. The number of aromatic nitrogens is 3. The van der Waals surface area contributed by atoms with Crippen molar-refractivity contribution >= 4 is 28.8 Å². The molecule has 2 aromatic heterocycles. The number of amidine groups is 1. The number of benzene rings is 1. The van der Waals surface area contributed by atoms with Gasteiger partial charge >= 0.3 is 5.97 Å². The van der Waals surface area contributed by atoms with Gasteiger partial charge in [-0.25, -0.2) is 9.97 Å². The van der Waals surface area contributed by atoms with Gasteiger partial charge < -0.3 is 20.4 Å². The summed E-state index contributed by atoms with van der Waals surface area (Å²) >= 11 is 0. The number of fused-ring (bicyclic) bond motifs is 1. The van der Waals surface area contributed by atoms with Crippen LogP contribution in [0.2, 0.25) is 0 Å². The molecule has 0 unspecified atom stereocenters. The van der Waals surface area contributed by atoms with E-state index in [0.717, 1.165) is 54.1 Å². The Morgan fingerprint density at radius 2 is 1.83 bits per heavy atom. The third-order valence-corrected chi connectivity index (χ3v) is 5.78. The van der Waals surface area contributed by atoms with Crippen LogP contribution in [0, 0.1) is 11.3 Å². The van der Waals surface area contributed by atoms with Gasteiger partial charge in [-0.1, -0.05) is 24.3 Å². The summed E-state index contributed by atoms with van der Waals surface area (Å²) < 4.78 is 6.83. The third-order valence-electron chi connectivity index (χ3n) is 5.78. The fourth-order valence-corrected chi connectivity index (χ4v) is 4.05. The van der Waals surface area contributed by atoms with E-state index in [2.05, 4.69) is 5.32 Å². The second-order valence-corrected chi connectivity index (χ2v) is 7.74. The Balaban J connectivity index is 1.51. The summed E-state index contributed by atoms with van der Waals surface area (Å²) in [5, 5.41) is 11.0. The van der Waals surface area contributed by atoms with E-state index in [1.807, 2.05) is 48.0 Å². The summed E-state index contributed by atoms with van der Waals surface area (Å²) in [6.45, 7) is 0. The number of esters is 1. The van der Waals surface area contributed by atoms with Crippen molar-refractivity contribution in [2.75, 3.05) is 12.4 Å². The zero-order valence-corrected chi connectivity index (χ0v) is 17.2. The van der Waals surface area contributed by atoms with Gasteiger partial charge in [-0.05, 0) is 37.8 Å². The summed E-state index contributed by atoms with van der Waals surface area (Å²) in [5.74, 6) is 1.57. The minimum absolute atomic E-state index is 0.0116. The Hall–Kier alpha value is -3.42. The van der Waals surface area contributed by atoms with Crippen LogP contribution in [0.1, 0.15) is 31.2 Å². The van der Waals surface area contributed by atoms with Gasteiger partial charge in [-0.3, -0.25) is 10.2 Å². The van der Waals surface area contributed by atoms with Crippen LogP contribution >= 0.6 is 0 Å². The average molecular weight is 406 g/mol. The van der Waals surface area contributed by atoms with Crippen LogP contribution in [0.25, 0.3) is 22.6 Å². The summed E-state index contributed by atoms with van der Waals surface area (Å²) in [5.41, 5.74) is 8.79. The first-order valence-corrected chi connectivity index (χ1v) is 10.1. The number of nitrogens with two attached hydrogens (primary N) is 1. The molecule has 0 bridgehead atoms. The van der Waals surface area contributed by atoms with Gasteiger partial charge in [0, 0.05) is 24.2 Å². The molecule has 8 heteroatoms. The van der Waals surface area contributed by atoms with Gasteiger partial charge in [0.25, 0.3) is 0 Å². The minimum Gasteiger partial charge on any atom is -0.469 e. The number of ether oxygens (including phenoxy) is 1. The van der Waals surface area contributed by atoms with E-state index < -0.39 is 0 Å². The minimum atomic E-state index is -0.105. The number of carbonyl (C=O) groups excluding carboxylic acids is 1. The number of nitrogen functional groups attached to an aromatic ring is 1. The van der Waals surface area contributed by atoms with Crippen LogP contribution in [-0.2, 0) is 16.6 Å². The van der Waals surface area contributed by atoms with Gasteiger partial charge in [-0.15, -0.1) is 0 Å². The SMILES string of the molecule is COC(=O)C1CCC(Nc2ccc3nc(-c4ccc(C(=N)N)cc4)n(C)c3n2)CC1. The van der Waals surface area contributed by atoms with Gasteiger partial charge in [0.15, 0.2) is 5.65 Å². The molecule has 1 saturated carbocycles. The highest BCUT2D eigenvalue weighted by Crippen LogP contribution is 2.28. The summed E-state index contributed by atoms with van der Waals surface area (Å²) in [6.07, 6.45) is 3.49. The molecule has 4 N–H and O–H groups in total. The fraction of sp³-hybridized carbons (Fsp3) is 0.364. The largest absolute Gasteiger partial charge is 0.469 e. The summed E-state index contributed by atoms with van der Waals surface area (Å²) in [4.78, 5) is 21.2. The first-order valence-electron chi connectivity index (χ1n) is 10.1. The summed E-state index contributed by atoms with van der Waals surface area (Å²) in [7, 11) is 3.40. The van der Waals surface area contributed by atoms with E-state index in [-0.39, 0.29) is 17.7 Å². The molecule has 0 radical (unpaired) electrons. The second-order valence-electron chi connectivity index (χ2n) is 7.74. The van der Waals surface area contributed by atoms with Crippen LogP contribution in [0.15, 0.2) is 36.4 Å². The molecule has 8 nitrogen and oxygen atoms in total. The molecule has 1 aliphatic rings. The molecular formula is C22H26N6O2. The van der Waals surface area contributed by atoms with Crippen LogP contribution in [0.4, 0.5) is 5.82 Å². The maximum absolute atomic E-state index is 11.7. The third kappa shape index (κ3) is 3.85. The van der Waals surface area contributed by atoms with Gasteiger partial charge in [0.2, 0.25) is 0 Å². The first-order chi connectivity index (χ1) is 14.5. The van der Waals surface area contributed by atoms with Crippen molar-refractivity contribution in [2.45, 2.75) is 31.7 Å². The number of methoxy groups -OCH3 is 1. The number of anilines is 1. The van der Waals surface area contributed by atoms with E-state index in [9.17, 15) is 4.79 Å². The lowest BCUT2D eigenvalue weighted by molar-refractivity contribution is -0.146. The van der Waals surface area contributed by atoms with Crippen molar-refractivity contribution in [3.8, 4) is 11.4 Å². The van der Waals surface area contributed by atoms with Gasteiger partial charge in [0.1, 0.15) is 23.0 Å². The summed E-state index contributed by atoms with van der Waals surface area (Å²) in [6, 6.07) is 11.7. The van der Waals surface area contributed by atoms with E-state index in [0.29, 0.717) is 11.6 Å². The molecule has 0 aliphatic heterocycles. The van der Waals surface area contributed by atoms with E-state index in [4.69, 9.17) is 25.8 Å². The Morgan fingerprint density at radius 1 is 1.13 bits per heavy atom. The van der Waals surface area contributed by atoms with Crippen molar-refractivity contribution in [1.29, 1.82) is 5.41 Å². The van der Waals surface area contributed by atoms with Crippen LogP contribution in [0.3, 0.4) is 0 Å². The Bertz CT molecular complexity index is 1080. The molecule has 1 aliphatic carbocycles. The maximum atomic E-state index is 11.7. The highest BCUT2D eigenvalue weighted by atomic mass is 16.5. The van der Waals surface area contributed by atoms with Crippen molar-refractivity contribution in [1.82, 2.24) is 14.5 Å². The molecule has 2 heterocycles. The zero-order valence-electron chi connectivity index (χ0n) is 17.2. The number of nitrogens with zero attached hydrogens (tertiary/aromatic N) is 3. The second kappa shape index (κ2) is 8.14.